The highest BCUT2D eigenvalue weighted by atomic mass is 16.5. The average Bonchev–Trinajstić information content (AvgIpc) is 2.84. The van der Waals surface area contributed by atoms with E-state index in [2.05, 4.69) is 0 Å². The van der Waals surface area contributed by atoms with Crippen LogP contribution >= 0.6 is 0 Å². The van der Waals surface area contributed by atoms with Crippen LogP contribution < -0.4 is 5.56 Å². The number of hydrogen-bond acceptors (Lipinski definition) is 6. The monoisotopic (exact) mass is 482 g/mol. The first-order valence-corrected chi connectivity index (χ1v) is 12.6. The van der Waals surface area contributed by atoms with Gasteiger partial charge in [0, 0.05) is 38.7 Å². The fraction of sp³-hybridized carbons (Fsp3) is 0.577. The summed E-state index contributed by atoms with van der Waals surface area (Å²) in [5, 5.41) is 0.503. The van der Waals surface area contributed by atoms with Gasteiger partial charge >= 0.3 is 5.97 Å². The number of carbonyl (C=O) groups is 3. The van der Waals surface area contributed by atoms with E-state index in [1.807, 2.05) is 0 Å². The van der Waals surface area contributed by atoms with Crippen LogP contribution in [0, 0.1) is 5.92 Å². The number of ether oxygens (including phenoxy) is 1. The van der Waals surface area contributed by atoms with Gasteiger partial charge in [-0.2, -0.15) is 0 Å². The quantitative estimate of drug-likeness (QED) is 0.607. The number of nitrogens with zero attached hydrogens (tertiary/aromatic N) is 4. The summed E-state index contributed by atoms with van der Waals surface area (Å²) >= 11 is 0. The van der Waals surface area contributed by atoms with E-state index in [0.717, 1.165) is 44.3 Å². The number of benzene rings is 1. The van der Waals surface area contributed by atoms with Crippen molar-refractivity contribution in [2.45, 2.75) is 58.4 Å². The molecule has 1 atom stereocenters. The molecule has 4 rings (SSSR count). The predicted octanol–water partition coefficient (Wildman–Crippen LogP) is 2.39. The number of piperidine rings is 1. The van der Waals surface area contributed by atoms with Gasteiger partial charge in [0.1, 0.15) is 5.82 Å². The van der Waals surface area contributed by atoms with E-state index in [1.165, 1.54) is 4.90 Å². The molecule has 1 aromatic heterocycles. The molecule has 2 aromatic rings. The van der Waals surface area contributed by atoms with E-state index < -0.39 is 0 Å². The van der Waals surface area contributed by atoms with Gasteiger partial charge in [-0.1, -0.05) is 12.8 Å². The van der Waals surface area contributed by atoms with Gasteiger partial charge in [0.05, 0.1) is 30.0 Å². The smallest absolute Gasteiger partial charge is 0.310 e. The van der Waals surface area contributed by atoms with Crippen molar-refractivity contribution in [3.8, 4) is 0 Å². The Kier molecular flexibility index (Phi) is 7.83. The number of amides is 2. The van der Waals surface area contributed by atoms with E-state index in [0.29, 0.717) is 49.1 Å². The average molecular weight is 483 g/mol. The predicted molar refractivity (Wildman–Crippen MR) is 131 cm³/mol. The maximum absolute atomic E-state index is 13.1. The summed E-state index contributed by atoms with van der Waals surface area (Å²) in [5.41, 5.74) is 0.843. The lowest BCUT2D eigenvalue weighted by Gasteiger charge is -2.32. The molecule has 3 heterocycles. The fourth-order valence-electron chi connectivity index (χ4n) is 4.98. The molecule has 0 aliphatic carbocycles. The van der Waals surface area contributed by atoms with Gasteiger partial charge in [0.15, 0.2) is 0 Å². The van der Waals surface area contributed by atoms with E-state index in [9.17, 15) is 19.2 Å². The summed E-state index contributed by atoms with van der Waals surface area (Å²) in [5.74, 6) is -0.334. The molecule has 188 valence electrons. The number of carbonyl (C=O) groups excluding carboxylic acids is 3. The molecular formula is C26H34N4O5. The van der Waals surface area contributed by atoms with Crippen molar-refractivity contribution >= 4 is 28.7 Å². The molecule has 1 aromatic carbocycles. The summed E-state index contributed by atoms with van der Waals surface area (Å²) in [4.78, 5) is 58.8. The molecule has 35 heavy (non-hydrogen) atoms. The molecule has 0 N–H and O–H groups in total. The Morgan fingerprint density at radius 2 is 1.91 bits per heavy atom. The van der Waals surface area contributed by atoms with Crippen LogP contribution in [0.2, 0.25) is 0 Å². The molecule has 1 fully saturated rings. The molecule has 9 heteroatoms. The molecule has 0 spiro atoms. The Labute approximate surface area is 205 Å². The molecule has 9 nitrogen and oxygen atoms in total. The van der Waals surface area contributed by atoms with Crippen molar-refractivity contribution in [1.29, 1.82) is 0 Å². The van der Waals surface area contributed by atoms with Gasteiger partial charge in [-0.3, -0.25) is 23.7 Å². The second kappa shape index (κ2) is 11.0. The third kappa shape index (κ3) is 5.55. The maximum atomic E-state index is 13.1. The number of hydrogen-bond donors (Lipinski definition) is 0. The van der Waals surface area contributed by atoms with E-state index in [4.69, 9.17) is 9.72 Å². The molecule has 2 amide bonds. The van der Waals surface area contributed by atoms with Crippen LogP contribution in [0.4, 0.5) is 0 Å². The zero-order valence-corrected chi connectivity index (χ0v) is 20.6. The molecular weight excluding hydrogens is 448 g/mol. The van der Waals surface area contributed by atoms with Crippen LogP contribution in [0.15, 0.2) is 23.0 Å². The highest BCUT2D eigenvalue weighted by Crippen LogP contribution is 2.20. The second-order valence-corrected chi connectivity index (χ2v) is 9.47. The largest absolute Gasteiger partial charge is 0.466 e. The SMILES string of the molecule is CCOC(=O)C1CCCN(C(=O)CN(C)C(=O)c2ccc3c(=O)n4c(nc3c2)CCCCCC4)C1. The van der Waals surface area contributed by atoms with Crippen LogP contribution in [-0.2, 0) is 27.3 Å². The highest BCUT2D eigenvalue weighted by molar-refractivity contribution is 5.99. The number of esters is 1. The fourth-order valence-corrected chi connectivity index (χ4v) is 4.98. The van der Waals surface area contributed by atoms with Crippen LogP contribution in [-0.4, -0.2) is 70.4 Å². The van der Waals surface area contributed by atoms with Gasteiger partial charge in [0.2, 0.25) is 5.91 Å². The summed E-state index contributed by atoms with van der Waals surface area (Å²) in [6.07, 6.45) is 6.38. The number of aryl methyl sites for hydroxylation is 1. The lowest BCUT2D eigenvalue weighted by Crippen LogP contribution is -2.47. The van der Waals surface area contributed by atoms with E-state index in [-0.39, 0.29) is 35.8 Å². The Morgan fingerprint density at radius 1 is 1.11 bits per heavy atom. The third-order valence-corrected chi connectivity index (χ3v) is 6.93. The number of fused-ring (bicyclic) bond motifs is 2. The number of likely N-dealkylation sites (N-methyl/N-ethyl adjacent to an activating group) is 1. The molecule has 2 aliphatic rings. The molecule has 0 bridgehead atoms. The number of rotatable bonds is 5. The molecule has 2 aliphatic heterocycles. The Balaban J connectivity index is 1.47. The van der Waals surface area contributed by atoms with E-state index in [1.54, 1.807) is 41.6 Å². The zero-order valence-electron chi connectivity index (χ0n) is 20.6. The third-order valence-electron chi connectivity index (χ3n) is 6.93. The Bertz CT molecular complexity index is 1170. The first-order valence-electron chi connectivity index (χ1n) is 12.6. The minimum absolute atomic E-state index is 0.0596. The lowest BCUT2D eigenvalue weighted by molar-refractivity contribution is -0.151. The standard InChI is InChI=1S/C26H34N4O5/c1-3-35-26(34)19-9-8-13-29(16-19)23(31)17-28(2)24(32)18-11-12-20-21(15-18)27-22-10-6-4-5-7-14-30(22)25(20)33/h11-12,15,19H,3-10,13-14,16-17H2,1-2H3. The molecule has 1 saturated heterocycles. The van der Waals surface area contributed by atoms with Crippen LogP contribution in [0.5, 0.6) is 0 Å². The first-order chi connectivity index (χ1) is 16.9. The summed E-state index contributed by atoms with van der Waals surface area (Å²) in [6, 6.07) is 4.94. The zero-order chi connectivity index (χ0) is 24.9. The molecule has 1 unspecified atom stereocenters. The second-order valence-electron chi connectivity index (χ2n) is 9.47. The lowest BCUT2D eigenvalue weighted by atomic mass is 9.98. The van der Waals surface area contributed by atoms with Crippen molar-refractivity contribution in [1.82, 2.24) is 19.4 Å². The summed E-state index contributed by atoms with van der Waals surface area (Å²) < 4.78 is 6.88. The van der Waals surface area contributed by atoms with Crippen LogP contribution in [0.1, 0.15) is 61.6 Å². The van der Waals surface area contributed by atoms with Gasteiger partial charge in [-0.05, 0) is 50.8 Å². The minimum Gasteiger partial charge on any atom is -0.466 e. The van der Waals surface area contributed by atoms with Crippen LogP contribution in [0.25, 0.3) is 10.9 Å². The highest BCUT2D eigenvalue weighted by Gasteiger charge is 2.30. The Hall–Kier alpha value is -3.23. The molecule has 0 radical (unpaired) electrons. The summed E-state index contributed by atoms with van der Waals surface area (Å²) in [7, 11) is 1.58. The summed E-state index contributed by atoms with van der Waals surface area (Å²) in [6.45, 7) is 3.54. The van der Waals surface area contributed by atoms with E-state index >= 15 is 0 Å². The van der Waals surface area contributed by atoms with Crippen molar-refractivity contribution in [2.75, 3.05) is 33.3 Å². The first kappa shape index (κ1) is 24.9. The van der Waals surface area contributed by atoms with Gasteiger partial charge < -0.3 is 14.5 Å². The van der Waals surface area contributed by atoms with Crippen LogP contribution in [0.3, 0.4) is 0 Å². The van der Waals surface area contributed by atoms with Crippen molar-refractivity contribution in [3.63, 3.8) is 0 Å². The topological polar surface area (TPSA) is 102 Å². The number of likely N-dealkylation sites (tertiary alicyclic amines) is 1. The number of aromatic nitrogens is 2. The van der Waals surface area contributed by atoms with Crippen molar-refractivity contribution < 1.29 is 19.1 Å². The van der Waals surface area contributed by atoms with Crippen molar-refractivity contribution in [3.05, 3.63) is 39.9 Å². The normalized spacial score (nSPS) is 18.3. The van der Waals surface area contributed by atoms with Gasteiger partial charge in [-0.15, -0.1) is 0 Å². The molecule has 0 saturated carbocycles. The van der Waals surface area contributed by atoms with Gasteiger partial charge in [0.25, 0.3) is 11.5 Å². The maximum Gasteiger partial charge on any atom is 0.310 e. The minimum atomic E-state index is -0.321. The van der Waals surface area contributed by atoms with Crippen molar-refractivity contribution in [2.24, 2.45) is 5.92 Å². The Morgan fingerprint density at radius 3 is 2.71 bits per heavy atom. The van der Waals surface area contributed by atoms with Gasteiger partial charge in [-0.25, -0.2) is 4.98 Å².